The third-order valence-electron chi connectivity index (χ3n) is 6.64. The molecule has 1 aromatic heterocycles. The van der Waals surface area contributed by atoms with E-state index in [-0.39, 0.29) is 5.41 Å². The van der Waals surface area contributed by atoms with E-state index in [1.165, 1.54) is 44.1 Å². The molecule has 2 N–H and O–H groups in total. The summed E-state index contributed by atoms with van der Waals surface area (Å²) in [4.78, 5) is 11.5. The maximum absolute atomic E-state index is 6.28. The van der Waals surface area contributed by atoms with Crippen molar-refractivity contribution in [3.63, 3.8) is 0 Å². The molecule has 0 atom stereocenters. The number of rotatable bonds is 6. The first-order valence-electron chi connectivity index (χ1n) is 11.6. The Hall–Kier alpha value is -2.12. The van der Waals surface area contributed by atoms with Crippen LogP contribution in [0.1, 0.15) is 56.9 Å². The maximum atomic E-state index is 6.28. The second kappa shape index (κ2) is 10.7. The zero-order valence-corrected chi connectivity index (χ0v) is 20.3. The number of methoxy groups -OCH3 is 1. The number of ether oxygens (including phenoxy) is 1. The topological polar surface area (TPSA) is 62.3 Å². The molecule has 0 amide bonds. The van der Waals surface area contributed by atoms with Crippen LogP contribution in [0, 0.1) is 0 Å². The van der Waals surface area contributed by atoms with Crippen LogP contribution in [0.25, 0.3) is 0 Å². The van der Waals surface area contributed by atoms with E-state index in [1.54, 1.807) is 7.11 Å². The van der Waals surface area contributed by atoms with Gasteiger partial charge in [-0.25, -0.2) is 0 Å². The Bertz CT molecular complexity index is 926. The van der Waals surface area contributed by atoms with Crippen LogP contribution in [-0.4, -0.2) is 41.8 Å². The number of hydrogen-bond donors (Lipinski definition) is 2. The lowest BCUT2D eigenvalue weighted by Crippen LogP contribution is -2.41. The van der Waals surface area contributed by atoms with E-state index in [9.17, 15) is 0 Å². The second-order valence-electron chi connectivity index (χ2n) is 8.80. The molecular formula is C24H32ClN5OS. The van der Waals surface area contributed by atoms with E-state index in [4.69, 9.17) is 33.5 Å². The molecule has 32 heavy (non-hydrogen) atoms. The van der Waals surface area contributed by atoms with Crippen molar-refractivity contribution in [1.82, 2.24) is 15.3 Å². The molecule has 0 radical (unpaired) electrons. The number of thiocarbonyl (C=S) groups is 1. The van der Waals surface area contributed by atoms with Gasteiger partial charge in [-0.2, -0.15) is 9.97 Å². The van der Waals surface area contributed by atoms with Crippen molar-refractivity contribution >= 4 is 40.7 Å². The minimum absolute atomic E-state index is 0.0447. The van der Waals surface area contributed by atoms with Gasteiger partial charge >= 0.3 is 0 Å². The highest BCUT2D eigenvalue weighted by atomic mass is 35.5. The van der Waals surface area contributed by atoms with E-state index >= 15 is 0 Å². The van der Waals surface area contributed by atoms with E-state index in [2.05, 4.69) is 32.7 Å². The molecule has 8 heteroatoms. The number of halogens is 1. The predicted octanol–water partition coefficient (Wildman–Crippen LogP) is 5.32. The summed E-state index contributed by atoms with van der Waals surface area (Å²) in [5.74, 6) is 1.88. The Labute approximate surface area is 201 Å². The van der Waals surface area contributed by atoms with Gasteiger partial charge < -0.3 is 20.3 Å². The fraction of sp³-hybridized carbons (Fsp3) is 0.542. The molecule has 1 aromatic carbocycles. The molecule has 2 heterocycles. The molecule has 2 fully saturated rings. The highest BCUT2D eigenvalue weighted by Crippen LogP contribution is 2.41. The lowest BCUT2D eigenvalue weighted by atomic mass is 9.79. The van der Waals surface area contributed by atoms with E-state index in [0.29, 0.717) is 16.9 Å². The molecule has 0 bridgehead atoms. The molecule has 4 rings (SSSR count). The van der Waals surface area contributed by atoms with Crippen molar-refractivity contribution in [3.05, 3.63) is 40.9 Å². The minimum atomic E-state index is 0.0447. The molecule has 172 valence electrons. The lowest BCUT2D eigenvalue weighted by Gasteiger charge is -2.30. The van der Waals surface area contributed by atoms with Crippen molar-refractivity contribution in [1.29, 1.82) is 0 Å². The first kappa shape index (κ1) is 23.1. The number of benzene rings is 1. The van der Waals surface area contributed by atoms with Crippen LogP contribution in [0.15, 0.2) is 30.3 Å². The molecule has 2 aromatic rings. The predicted molar refractivity (Wildman–Crippen MR) is 135 cm³/mol. The second-order valence-corrected chi connectivity index (χ2v) is 9.64. The smallest absolute Gasteiger partial charge is 0.234 e. The summed E-state index contributed by atoms with van der Waals surface area (Å²) in [5.41, 5.74) is 1.32. The van der Waals surface area contributed by atoms with Gasteiger partial charge in [-0.3, -0.25) is 0 Å². The fourth-order valence-electron chi connectivity index (χ4n) is 4.87. The highest BCUT2D eigenvalue weighted by Gasteiger charge is 2.35. The van der Waals surface area contributed by atoms with Crippen LogP contribution < -0.4 is 20.3 Å². The van der Waals surface area contributed by atoms with Gasteiger partial charge in [0.05, 0.1) is 7.11 Å². The van der Waals surface area contributed by atoms with Gasteiger partial charge in [-0.05, 0) is 55.6 Å². The highest BCUT2D eigenvalue weighted by molar-refractivity contribution is 7.80. The zero-order valence-electron chi connectivity index (χ0n) is 18.7. The standard InChI is InChI=1S/C24H32ClN5OS/c1-31-21-16-20(30-13-6-2-3-7-14-30)27-22(28-21)29-23(32)26-17-24(11-4-5-12-24)18-9-8-10-19(25)15-18/h8-10,15-16H,2-7,11-14,17H2,1H3,(H2,26,27,28,29,32). The van der Waals surface area contributed by atoms with E-state index < -0.39 is 0 Å². The first-order valence-corrected chi connectivity index (χ1v) is 12.4. The maximum Gasteiger partial charge on any atom is 0.234 e. The number of hydrogen-bond acceptors (Lipinski definition) is 5. The van der Waals surface area contributed by atoms with Gasteiger partial charge in [0.25, 0.3) is 0 Å². The fourth-order valence-corrected chi connectivity index (χ4v) is 5.22. The summed E-state index contributed by atoms with van der Waals surface area (Å²) in [6.45, 7) is 2.76. The van der Waals surface area contributed by atoms with Crippen molar-refractivity contribution in [2.75, 3.05) is 37.0 Å². The summed E-state index contributed by atoms with van der Waals surface area (Å²) in [6.07, 6.45) is 9.58. The Morgan fingerprint density at radius 3 is 2.53 bits per heavy atom. The summed E-state index contributed by atoms with van der Waals surface area (Å²) in [5, 5.41) is 7.90. The molecule has 0 spiro atoms. The molecular weight excluding hydrogens is 442 g/mol. The van der Waals surface area contributed by atoms with Gasteiger partial charge in [0, 0.05) is 36.1 Å². The largest absolute Gasteiger partial charge is 0.481 e. The average Bonchev–Trinajstić information content (AvgIpc) is 3.12. The number of nitrogens with zero attached hydrogens (tertiary/aromatic N) is 3. The molecule has 6 nitrogen and oxygen atoms in total. The molecule has 1 saturated carbocycles. The summed E-state index contributed by atoms with van der Waals surface area (Å²) in [6, 6.07) is 10.1. The van der Waals surface area contributed by atoms with Crippen molar-refractivity contribution < 1.29 is 4.74 Å². The quantitative estimate of drug-likeness (QED) is 0.550. The third-order valence-corrected chi connectivity index (χ3v) is 7.12. The number of nitrogens with one attached hydrogen (secondary N) is 2. The lowest BCUT2D eigenvalue weighted by molar-refractivity contribution is 0.397. The molecule has 0 unspecified atom stereocenters. The summed E-state index contributed by atoms with van der Waals surface area (Å²) in [7, 11) is 1.63. The van der Waals surface area contributed by atoms with Crippen molar-refractivity contribution in [3.8, 4) is 5.88 Å². The van der Waals surface area contributed by atoms with Crippen LogP contribution in [0.3, 0.4) is 0 Å². The molecule has 1 aliphatic heterocycles. The first-order chi connectivity index (χ1) is 15.6. The van der Waals surface area contributed by atoms with Crippen molar-refractivity contribution in [2.24, 2.45) is 0 Å². The summed E-state index contributed by atoms with van der Waals surface area (Å²) >= 11 is 11.9. The molecule has 1 aliphatic carbocycles. The average molecular weight is 474 g/mol. The normalized spacial score (nSPS) is 18.1. The van der Waals surface area contributed by atoms with E-state index in [1.807, 2.05) is 18.2 Å². The number of aromatic nitrogens is 2. The van der Waals surface area contributed by atoms with Crippen LogP contribution in [0.2, 0.25) is 5.02 Å². The van der Waals surface area contributed by atoms with Gasteiger partial charge in [0.15, 0.2) is 5.11 Å². The van der Waals surface area contributed by atoms with Gasteiger partial charge in [-0.15, -0.1) is 0 Å². The Balaban J connectivity index is 1.44. The van der Waals surface area contributed by atoms with Crippen LogP contribution in [0.5, 0.6) is 5.88 Å². The van der Waals surface area contributed by atoms with Gasteiger partial charge in [0.1, 0.15) is 5.82 Å². The summed E-state index contributed by atoms with van der Waals surface area (Å²) < 4.78 is 5.43. The van der Waals surface area contributed by atoms with Crippen LogP contribution >= 0.6 is 23.8 Å². The Morgan fingerprint density at radius 2 is 1.84 bits per heavy atom. The van der Waals surface area contributed by atoms with Crippen LogP contribution in [0.4, 0.5) is 11.8 Å². The van der Waals surface area contributed by atoms with Crippen LogP contribution in [-0.2, 0) is 5.41 Å². The Kier molecular flexibility index (Phi) is 7.68. The molecule has 2 aliphatic rings. The van der Waals surface area contributed by atoms with Gasteiger partial charge in [-0.1, -0.05) is 49.4 Å². The Morgan fingerprint density at radius 1 is 1.09 bits per heavy atom. The molecule has 1 saturated heterocycles. The SMILES string of the molecule is COc1cc(N2CCCCCC2)nc(NC(=S)NCC2(c3cccc(Cl)c3)CCCC2)n1. The van der Waals surface area contributed by atoms with Crippen molar-refractivity contribution in [2.45, 2.75) is 56.8 Å². The monoisotopic (exact) mass is 473 g/mol. The number of anilines is 2. The van der Waals surface area contributed by atoms with E-state index in [0.717, 1.165) is 43.3 Å². The zero-order chi connectivity index (χ0) is 22.4. The van der Waals surface area contributed by atoms with Gasteiger partial charge in [0.2, 0.25) is 11.8 Å². The third kappa shape index (κ3) is 5.62. The minimum Gasteiger partial charge on any atom is -0.481 e.